The Morgan fingerprint density at radius 2 is 1.64 bits per heavy atom. The normalized spacial score (nSPS) is 16.4. The van der Waals surface area contributed by atoms with Gasteiger partial charge in [0.15, 0.2) is 9.84 Å². The summed E-state index contributed by atoms with van der Waals surface area (Å²) in [4.78, 5) is 8.06. The molecular weight excluding hydrogens is 415 g/mol. The first-order valence-electron chi connectivity index (χ1n) is 8.64. The van der Waals surface area contributed by atoms with E-state index >= 15 is 0 Å². The van der Waals surface area contributed by atoms with Gasteiger partial charge in [0.25, 0.3) is 0 Å². The van der Waals surface area contributed by atoms with Crippen molar-refractivity contribution in [2.24, 2.45) is 0 Å². The molecule has 1 aliphatic heterocycles. The molecule has 28 heavy (non-hydrogen) atoms. The van der Waals surface area contributed by atoms with E-state index in [0.717, 1.165) is 12.3 Å². The Morgan fingerprint density at radius 3 is 2.18 bits per heavy atom. The quantitative estimate of drug-likeness (QED) is 0.723. The van der Waals surface area contributed by atoms with Crippen molar-refractivity contribution in [1.29, 1.82) is 0 Å². The minimum atomic E-state index is -4.40. The standard InChI is InChI=1S/C18H19ClF3N3O2S/c19-15-2-4-16(5-3-15)28(26,27)12-11-24-7-9-25(10-8-24)17-6-1-14(13-23-17)18(20,21)22/h1-6,13H,7-12H2. The molecule has 1 aromatic carbocycles. The van der Waals surface area contributed by atoms with Crippen LogP contribution in [0.2, 0.25) is 5.02 Å². The van der Waals surface area contributed by atoms with E-state index in [9.17, 15) is 21.6 Å². The molecule has 1 aliphatic rings. The topological polar surface area (TPSA) is 53.5 Å². The second kappa shape index (κ2) is 8.26. The van der Waals surface area contributed by atoms with Gasteiger partial charge in [-0.2, -0.15) is 13.2 Å². The number of piperazine rings is 1. The molecule has 1 aromatic heterocycles. The second-order valence-corrected chi connectivity index (χ2v) is 9.05. The molecule has 0 saturated carbocycles. The van der Waals surface area contributed by atoms with Crippen LogP contribution in [-0.2, 0) is 16.0 Å². The van der Waals surface area contributed by atoms with Crippen molar-refractivity contribution < 1.29 is 21.6 Å². The number of hydrogen-bond donors (Lipinski definition) is 0. The van der Waals surface area contributed by atoms with Crippen molar-refractivity contribution in [3.05, 3.63) is 53.2 Å². The molecule has 2 aromatic rings. The average molecular weight is 434 g/mol. The SMILES string of the molecule is O=S(=O)(CCN1CCN(c2ccc(C(F)(F)F)cn2)CC1)c1ccc(Cl)cc1. The monoisotopic (exact) mass is 433 g/mol. The minimum absolute atomic E-state index is 0.00678. The average Bonchev–Trinajstić information content (AvgIpc) is 2.67. The van der Waals surface area contributed by atoms with Gasteiger partial charge in [0.05, 0.1) is 16.2 Å². The molecule has 0 atom stereocenters. The summed E-state index contributed by atoms with van der Waals surface area (Å²) in [6.45, 7) is 2.75. The van der Waals surface area contributed by atoms with Gasteiger partial charge in [0, 0.05) is 43.9 Å². The van der Waals surface area contributed by atoms with Gasteiger partial charge in [-0.15, -0.1) is 0 Å². The van der Waals surface area contributed by atoms with Gasteiger partial charge in [-0.1, -0.05) is 11.6 Å². The molecule has 10 heteroatoms. The summed E-state index contributed by atoms with van der Waals surface area (Å²) in [6.07, 6.45) is -3.57. The molecule has 0 aliphatic carbocycles. The van der Waals surface area contributed by atoms with Crippen LogP contribution in [0, 0.1) is 0 Å². The van der Waals surface area contributed by atoms with E-state index in [-0.39, 0.29) is 10.6 Å². The van der Waals surface area contributed by atoms with Crippen molar-refractivity contribution in [3.8, 4) is 0 Å². The molecule has 152 valence electrons. The number of benzene rings is 1. The van der Waals surface area contributed by atoms with Crippen molar-refractivity contribution in [1.82, 2.24) is 9.88 Å². The van der Waals surface area contributed by atoms with Gasteiger partial charge < -0.3 is 4.90 Å². The molecule has 0 unspecified atom stereocenters. The highest BCUT2D eigenvalue weighted by Gasteiger charge is 2.31. The van der Waals surface area contributed by atoms with Gasteiger partial charge in [-0.05, 0) is 36.4 Å². The number of anilines is 1. The van der Waals surface area contributed by atoms with Crippen LogP contribution in [0.3, 0.4) is 0 Å². The maximum absolute atomic E-state index is 12.6. The summed E-state index contributed by atoms with van der Waals surface area (Å²) in [5, 5.41) is 0.479. The van der Waals surface area contributed by atoms with Crippen LogP contribution >= 0.6 is 11.6 Å². The Hall–Kier alpha value is -1.84. The third-order valence-electron chi connectivity index (χ3n) is 4.62. The Balaban J connectivity index is 1.52. The fourth-order valence-electron chi connectivity index (χ4n) is 2.95. The van der Waals surface area contributed by atoms with E-state index in [1.54, 1.807) is 12.1 Å². The van der Waals surface area contributed by atoms with Gasteiger partial charge in [-0.3, -0.25) is 4.90 Å². The minimum Gasteiger partial charge on any atom is -0.354 e. The first-order valence-corrected chi connectivity index (χ1v) is 10.7. The van der Waals surface area contributed by atoms with Gasteiger partial charge in [0.2, 0.25) is 0 Å². The van der Waals surface area contributed by atoms with E-state index in [4.69, 9.17) is 11.6 Å². The second-order valence-electron chi connectivity index (χ2n) is 6.50. The highest BCUT2D eigenvalue weighted by molar-refractivity contribution is 7.91. The van der Waals surface area contributed by atoms with Crippen LogP contribution in [0.1, 0.15) is 5.56 Å². The zero-order valence-corrected chi connectivity index (χ0v) is 16.4. The lowest BCUT2D eigenvalue weighted by Crippen LogP contribution is -2.47. The van der Waals surface area contributed by atoms with E-state index < -0.39 is 21.6 Å². The number of alkyl halides is 3. The number of aromatic nitrogens is 1. The van der Waals surface area contributed by atoms with Crippen molar-refractivity contribution >= 4 is 27.3 Å². The number of halogens is 4. The summed E-state index contributed by atoms with van der Waals surface area (Å²) in [6, 6.07) is 8.46. The fraction of sp³-hybridized carbons (Fsp3) is 0.389. The molecule has 0 spiro atoms. The van der Waals surface area contributed by atoms with Crippen LogP contribution in [0.25, 0.3) is 0 Å². The summed E-state index contributed by atoms with van der Waals surface area (Å²) < 4.78 is 62.7. The number of hydrogen-bond acceptors (Lipinski definition) is 5. The van der Waals surface area contributed by atoms with Crippen LogP contribution < -0.4 is 4.90 Å². The van der Waals surface area contributed by atoms with Crippen molar-refractivity contribution in [3.63, 3.8) is 0 Å². The fourth-order valence-corrected chi connectivity index (χ4v) is 4.36. The van der Waals surface area contributed by atoms with E-state index in [1.807, 2.05) is 9.80 Å². The largest absolute Gasteiger partial charge is 0.417 e. The Bertz CT molecular complexity index is 895. The van der Waals surface area contributed by atoms with Crippen LogP contribution in [-0.4, -0.2) is 56.8 Å². The van der Waals surface area contributed by atoms with Crippen LogP contribution in [0.4, 0.5) is 19.0 Å². The van der Waals surface area contributed by atoms with Gasteiger partial charge in [-0.25, -0.2) is 13.4 Å². The number of rotatable bonds is 5. The molecule has 0 radical (unpaired) electrons. The lowest BCUT2D eigenvalue weighted by Gasteiger charge is -2.35. The molecule has 2 heterocycles. The van der Waals surface area contributed by atoms with Crippen LogP contribution in [0.5, 0.6) is 0 Å². The molecule has 1 fully saturated rings. The van der Waals surface area contributed by atoms with Gasteiger partial charge >= 0.3 is 6.18 Å². The van der Waals surface area contributed by atoms with Gasteiger partial charge in [0.1, 0.15) is 5.82 Å². The Kier molecular flexibility index (Phi) is 6.16. The molecule has 0 bridgehead atoms. The zero-order chi connectivity index (χ0) is 20.4. The lowest BCUT2D eigenvalue weighted by molar-refractivity contribution is -0.137. The molecule has 1 saturated heterocycles. The third kappa shape index (κ3) is 5.15. The summed E-state index contributed by atoms with van der Waals surface area (Å²) in [7, 11) is -3.39. The molecule has 5 nitrogen and oxygen atoms in total. The van der Waals surface area contributed by atoms with Crippen molar-refractivity contribution in [2.45, 2.75) is 11.1 Å². The number of nitrogens with zero attached hydrogens (tertiary/aromatic N) is 3. The number of pyridine rings is 1. The summed E-state index contributed by atoms with van der Waals surface area (Å²) in [5.74, 6) is 0.481. The number of sulfone groups is 1. The van der Waals surface area contributed by atoms with E-state index in [2.05, 4.69) is 4.98 Å². The molecule has 0 N–H and O–H groups in total. The van der Waals surface area contributed by atoms with Crippen LogP contribution in [0.15, 0.2) is 47.5 Å². The Morgan fingerprint density at radius 1 is 1.00 bits per heavy atom. The predicted octanol–water partition coefficient (Wildman–Crippen LogP) is 3.35. The third-order valence-corrected chi connectivity index (χ3v) is 6.58. The smallest absolute Gasteiger partial charge is 0.354 e. The summed E-state index contributed by atoms with van der Waals surface area (Å²) >= 11 is 5.79. The molecule has 0 amide bonds. The first kappa shape index (κ1) is 20.9. The van der Waals surface area contributed by atoms with Crippen molar-refractivity contribution in [2.75, 3.05) is 43.4 Å². The predicted molar refractivity (Wildman–Crippen MR) is 101 cm³/mol. The summed E-state index contributed by atoms with van der Waals surface area (Å²) in [5.41, 5.74) is -0.776. The molecule has 3 rings (SSSR count). The molecular formula is C18H19ClF3N3O2S. The maximum atomic E-state index is 12.6. The first-order chi connectivity index (χ1) is 13.1. The van der Waals surface area contributed by atoms with E-state index in [0.29, 0.717) is 43.6 Å². The highest BCUT2D eigenvalue weighted by atomic mass is 35.5. The Labute approximate surface area is 166 Å². The lowest BCUT2D eigenvalue weighted by atomic mass is 10.2. The maximum Gasteiger partial charge on any atom is 0.417 e. The zero-order valence-electron chi connectivity index (χ0n) is 14.9. The van der Waals surface area contributed by atoms with E-state index in [1.165, 1.54) is 18.2 Å². The highest BCUT2D eigenvalue weighted by Crippen LogP contribution is 2.29.